The number of ether oxygens (including phenoxy) is 1. The number of rotatable bonds is 60. The van der Waals surface area contributed by atoms with Crippen molar-refractivity contribution in [2.75, 3.05) is 13.2 Å². The van der Waals surface area contributed by atoms with E-state index < -0.39 is 12.1 Å². The van der Waals surface area contributed by atoms with E-state index in [-0.39, 0.29) is 18.5 Å². The number of nitrogens with one attached hydrogen (secondary N) is 1. The lowest BCUT2D eigenvalue weighted by molar-refractivity contribution is -0.143. The van der Waals surface area contributed by atoms with Crippen LogP contribution in [0.3, 0.4) is 0 Å². The number of unbranched alkanes of at least 4 members (excludes halogenated alkanes) is 43. The molecule has 0 aromatic heterocycles. The highest BCUT2D eigenvalue weighted by molar-refractivity contribution is 5.76. The van der Waals surface area contributed by atoms with Gasteiger partial charge in [-0.15, -0.1) is 0 Å². The molecule has 0 aliphatic rings. The first-order valence-corrected chi connectivity index (χ1v) is 32.4. The van der Waals surface area contributed by atoms with E-state index in [1.54, 1.807) is 6.08 Å². The maximum Gasteiger partial charge on any atom is 0.305 e. The maximum absolute atomic E-state index is 12.5. The van der Waals surface area contributed by atoms with Gasteiger partial charge in [-0.25, -0.2) is 0 Å². The normalized spacial score (nSPS) is 12.9. The highest BCUT2D eigenvalue weighted by Crippen LogP contribution is 2.17. The molecule has 0 saturated heterocycles. The zero-order chi connectivity index (χ0) is 52.9. The quantitative estimate of drug-likeness (QED) is 0.0320. The van der Waals surface area contributed by atoms with Gasteiger partial charge in [-0.3, -0.25) is 9.59 Å². The molecule has 0 fully saturated rings. The van der Waals surface area contributed by atoms with E-state index in [2.05, 4.69) is 55.6 Å². The van der Waals surface area contributed by atoms with Crippen LogP contribution >= 0.6 is 0 Å². The van der Waals surface area contributed by atoms with E-state index in [9.17, 15) is 19.8 Å². The van der Waals surface area contributed by atoms with Gasteiger partial charge in [0.1, 0.15) is 0 Å². The van der Waals surface area contributed by atoms with Gasteiger partial charge in [0.15, 0.2) is 0 Å². The number of amides is 1. The number of esters is 1. The summed E-state index contributed by atoms with van der Waals surface area (Å²) >= 11 is 0. The molecule has 0 radical (unpaired) electrons. The molecule has 1 amide bonds. The number of hydrogen-bond acceptors (Lipinski definition) is 5. The molecular weight excluding hydrogens is 899 g/mol. The molecule has 0 spiro atoms. The van der Waals surface area contributed by atoms with Gasteiger partial charge in [0.25, 0.3) is 0 Å². The third kappa shape index (κ3) is 58.9. The summed E-state index contributed by atoms with van der Waals surface area (Å²) in [5.74, 6) is -0.0743. The second-order valence-corrected chi connectivity index (χ2v) is 22.1. The molecule has 0 bridgehead atoms. The summed E-state index contributed by atoms with van der Waals surface area (Å²) in [6.45, 7) is 4.89. The highest BCUT2D eigenvalue weighted by Gasteiger charge is 2.18. The molecule has 0 heterocycles. The Morgan fingerprint density at radius 3 is 1.07 bits per heavy atom. The smallest absolute Gasteiger partial charge is 0.305 e. The minimum absolute atomic E-state index is 0.000190. The average molecular weight is 1020 g/mol. The summed E-state index contributed by atoms with van der Waals surface area (Å²) in [6.07, 6.45) is 80.1. The molecule has 2 atom stereocenters. The monoisotopic (exact) mass is 1020 g/mol. The number of allylic oxidation sites excluding steroid dienone is 7. The Hall–Kier alpha value is -2.18. The molecule has 2 unspecified atom stereocenters. The van der Waals surface area contributed by atoms with Crippen molar-refractivity contribution in [3.05, 3.63) is 48.6 Å². The fraction of sp³-hybridized carbons (Fsp3) is 0.851. The molecule has 0 aromatic carbocycles. The standard InChI is InChI=1S/C67H125NO5/c1-3-5-7-9-11-13-15-17-19-21-29-33-37-41-45-49-53-57-61-67(72)73-62-58-54-50-46-42-38-34-30-26-24-22-23-25-28-32-36-40-44-48-52-56-60-66(71)68-64(63-69)65(70)59-55-51-47-43-39-35-31-27-20-18-16-14-12-10-8-6-4-2/h13,15,19,21,23,25,55,59,64-65,69-70H,3-12,14,16-18,20,22,24,26-54,56-58,60-63H2,1-2H3,(H,68,71)/b15-13-,21-19-,25-23-,59-55+. The lowest BCUT2D eigenvalue weighted by Crippen LogP contribution is -2.45. The van der Waals surface area contributed by atoms with Gasteiger partial charge in [-0.2, -0.15) is 0 Å². The van der Waals surface area contributed by atoms with Crippen molar-refractivity contribution in [2.45, 2.75) is 353 Å². The molecule has 6 heteroatoms. The Morgan fingerprint density at radius 2 is 0.685 bits per heavy atom. The number of carbonyl (C=O) groups excluding carboxylic acids is 2. The van der Waals surface area contributed by atoms with Crippen molar-refractivity contribution in [1.82, 2.24) is 5.32 Å². The first kappa shape index (κ1) is 70.8. The minimum Gasteiger partial charge on any atom is -0.466 e. The fourth-order valence-corrected chi connectivity index (χ4v) is 9.84. The molecule has 6 nitrogen and oxygen atoms in total. The summed E-state index contributed by atoms with van der Waals surface area (Å²) in [7, 11) is 0. The molecule has 0 aliphatic carbocycles. The third-order valence-corrected chi connectivity index (χ3v) is 14.8. The first-order valence-electron chi connectivity index (χ1n) is 32.4. The SMILES string of the molecule is CCCCCC/C=C\C/C=C\CCCCCCCCCC(=O)OCCCCCCCCCCCC/C=C\CCCCCCCCCC(=O)NC(CO)C(O)/C=C/CCCCCCCCCCCCCCCCC. The lowest BCUT2D eigenvalue weighted by Gasteiger charge is -2.20. The second-order valence-electron chi connectivity index (χ2n) is 22.1. The van der Waals surface area contributed by atoms with Gasteiger partial charge in [0.2, 0.25) is 5.91 Å². The van der Waals surface area contributed by atoms with Crippen LogP contribution in [0.5, 0.6) is 0 Å². The molecule has 0 aromatic rings. The number of carbonyl (C=O) groups is 2. The molecule has 3 N–H and O–H groups in total. The number of aliphatic hydroxyl groups excluding tert-OH is 2. The van der Waals surface area contributed by atoms with Crippen LogP contribution < -0.4 is 5.32 Å². The van der Waals surface area contributed by atoms with Crippen LogP contribution in [-0.2, 0) is 14.3 Å². The Kier molecular flexibility index (Phi) is 60.5. The fourth-order valence-electron chi connectivity index (χ4n) is 9.84. The Morgan fingerprint density at radius 1 is 0.384 bits per heavy atom. The summed E-state index contributed by atoms with van der Waals surface area (Å²) < 4.78 is 5.49. The second kappa shape index (κ2) is 62.4. The van der Waals surface area contributed by atoms with Gasteiger partial charge in [-0.05, 0) is 89.9 Å². The van der Waals surface area contributed by atoms with Gasteiger partial charge < -0.3 is 20.3 Å². The van der Waals surface area contributed by atoms with Crippen LogP contribution in [0.15, 0.2) is 48.6 Å². The number of aliphatic hydroxyl groups is 2. The van der Waals surface area contributed by atoms with E-state index in [0.29, 0.717) is 19.4 Å². The molecule has 0 aliphatic heterocycles. The van der Waals surface area contributed by atoms with E-state index in [0.717, 1.165) is 57.8 Å². The average Bonchev–Trinajstić information content (AvgIpc) is 3.39. The largest absolute Gasteiger partial charge is 0.466 e. The van der Waals surface area contributed by atoms with E-state index in [4.69, 9.17) is 4.74 Å². The van der Waals surface area contributed by atoms with Gasteiger partial charge >= 0.3 is 5.97 Å². The van der Waals surface area contributed by atoms with Crippen molar-refractivity contribution >= 4 is 11.9 Å². The Balaban J connectivity index is 3.45. The highest BCUT2D eigenvalue weighted by atomic mass is 16.5. The van der Waals surface area contributed by atoms with Crippen molar-refractivity contribution in [2.24, 2.45) is 0 Å². The van der Waals surface area contributed by atoms with Gasteiger partial charge in [0.05, 0.1) is 25.4 Å². The lowest BCUT2D eigenvalue weighted by atomic mass is 10.0. The van der Waals surface area contributed by atoms with E-state index in [1.165, 1.54) is 257 Å². The van der Waals surface area contributed by atoms with E-state index in [1.807, 2.05) is 6.08 Å². The molecule has 428 valence electrons. The maximum atomic E-state index is 12.5. The van der Waals surface area contributed by atoms with Crippen LogP contribution in [0.2, 0.25) is 0 Å². The van der Waals surface area contributed by atoms with Crippen LogP contribution in [0, 0.1) is 0 Å². The minimum atomic E-state index is -0.851. The molecule has 0 saturated carbocycles. The zero-order valence-corrected chi connectivity index (χ0v) is 48.9. The predicted octanol–water partition coefficient (Wildman–Crippen LogP) is 20.5. The van der Waals surface area contributed by atoms with Crippen molar-refractivity contribution in [1.29, 1.82) is 0 Å². The Bertz CT molecular complexity index is 1230. The van der Waals surface area contributed by atoms with Gasteiger partial charge in [0, 0.05) is 12.8 Å². The summed E-state index contributed by atoms with van der Waals surface area (Å²) in [5.41, 5.74) is 0. The summed E-state index contributed by atoms with van der Waals surface area (Å²) in [6, 6.07) is -0.635. The van der Waals surface area contributed by atoms with Crippen LogP contribution in [0.25, 0.3) is 0 Å². The van der Waals surface area contributed by atoms with Gasteiger partial charge in [-0.1, -0.05) is 287 Å². The summed E-state index contributed by atoms with van der Waals surface area (Å²) in [4.78, 5) is 24.6. The van der Waals surface area contributed by atoms with Crippen molar-refractivity contribution < 1.29 is 24.5 Å². The zero-order valence-electron chi connectivity index (χ0n) is 48.9. The van der Waals surface area contributed by atoms with Crippen molar-refractivity contribution in [3.8, 4) is 0 Å². The van der Waals surface area contributed by atoms with Crippen LogP contribution in [-0.4, -0.2) is 47.4 Å². The predicted molar refractivity (Wildman–Crippen MR) is 319 cm³/mol. The molecular formula is C67H125NO5. The molecule has 73 heavy (non-hydrogen) atoms. The molecule has 0 rings (SSSR count). The summed E-state index contributed by atoms with van der Waals surface area (Å²) in [5, 5.41) is 23.2. The van der Waals surface area contributed by atoms with Crippen molar-refractivity contribution in [3.63, 3.8) is 0 Å². The third-order valence-electron chi connectivity index (χ3n) is 14.8. The van der Waals surface area contributed by atoms with E-state index >= 15 is 0 Å². The topological polar surface area (TPSA) is 95.9 Å². The Labute approximate surface area is 455 Å². The van der Waals surface area contributed by atoms with Crippen LogP contribution in [0.4, 0.5) is 0 Å². The first-order chi connectivity index (χ1) is 36.0. The van der Waals surface area contributed by atoms with Crippen LogP contribution in [0.1, 0.15) is 341 Å². The number of hydrogen-bond donors (Lipinski definition) is 3.